The number of guanidine groups is 1. The van der Waals surface area contributed by atoms with E-state index in [0.29, 0.717) is 6.54 Å². The number of hydrogen-bond donors (Lipinski definition) is 4. The van der Waals surface area contributed by atoms with Crippen LogP contribution in [0.25, 0.3) is 0 Å². The van der Waals surface area contributed by atoms with Crippen molar-refractivity contribution in [2.45, 2.75) is 30.2 Å². The second-order valence-corrected chi connectivity index (χ2v) is 5.36. The maximum absolute atomic E-state index is 12.1. The molecule has 17 heavy (non-hydrogen) atoms. The number of aliphatic imine (C=N–C) groups is 1. The van der Waals surface area contributed by atoms with E-state index >= 15 is 0 Å². The molecule has 0 aromatic carbocycles. The van der Waals surface area contributed by atoms with Crippen molar-refractivity contribution < 1.29 is 4.79 Å². The van der Waals surface area contributed by atoms with Gasteiger partial charge in [-0.3, -0.25) is 4.79 Å². The highest BCUT2D eigenvalue weighted by atomic mass is 32.1. The van der Waals surface area contributed by atoms with Gasteiger partial charge in [-0.15, -0.1) is 0 Å². The molecule has 0 radical (unpaired) electrons. The van der Waals surface area contributed by atoms with Crippen molar-refractivity contribution in [3.8, 4) is 0 Å². The van der Waals surface area contributed by atoms with E-state index in [4.69, 9.17) is 11.5 Å². The standard InChI is InChI=1S/C10H19N5OS/c11-10(12)14-6-1-2-15(5-6)9(16)8-3-7(17)4-13-8/h6-8,13,17H,1-5H2,(H4,11,12,14). The Hall–Kier alpha value is -0.950. The predicted molar refractivity (Wildman–Crippen MR) is 70.0 cm³/mol. The number of rotatable bonds is 2. The molecule has 5 N–H and O–H groups in total. The Morgan fingerprint density at radius 1 is 1.47 bits per heavy atom. The number of thiol groups is 1. The van der Waals surface area contributed by atoms with Crippen LogP contribution in [-0.2, 0) is 4.79 Å². The first-order chi connectivity index (χ1) is 8.06. The summed E-state index contributed by atoms with van der Waals surface area (Å²) in [5, 5.41) is 3.46. The molecule has 2 saturated heterocycles. The molecule has 2 rings (SSSR count). The van der Waals surface area contributed by atoms with Gasteiger partial charge in [0.2, 0.25) is 5.91 Å². The van der Waals surface area contributed by atoms with Gasteiger partial charge >= 0.3 is 0 Å². The van der Waals surface area contributed by atoms with Gasteiger partial charge in [0.1, 0.15) is 0 Å². The molecular weight excluding hydrogens is 238 g/mol. The van der Waals surface area contributed by atoms with Gasteiger partial charge < -0.3 is 21.7 Å². The van der Waals surface area contributed by atoms with E-state index in [1.807, 2.05) is 4.90 Å². The Kier molecular flexibility index (Phi) is 3.78. The van der Waals surface area contributed by atoms with Crippen LogP contribution in [0.3, 0.4) is 0 Å². The highest BCUT2D eigenvalue weighted by Gasteiger charge is 2.34. The van der Waals surface area contributed by atoms with Crippen LogP contribution in [0.15, 0.2) is 4.99 Å². The number of carbonyl (C=O) groups is 1. The van der Waals surface area contributed by atoms with Crippen molar-refractivity contribution in [3.63, 3.8) is 0 Å². The van der Waals surface area contributed by atoms with Crippen LogP contribution in [-0.4, -0.2) is 53.7 Å². The summed E-state index contributed by atoms with van der Waals surface area (Å²) in [5.74, 6) is 0.244. The molecule has 96 valence electrons. The average Bonchev–Trinajstić information content (AvgIpc) is 2.85. The molecule has 7 heteroatoms. The number of amides is 1. The van der Waals surface area contributed by atoms with Crippen LogP contribution < -0.4 is 16.8 Å². The molecule has 0 aromatic rings. The van der Waals surface area contributed by atoms with Crippen LogP contribution in [0.1, 0.15) is 12.8 Å². The van der Waals surface area contributed by atoms with Crippen molar-refractivity contribution in [3.05, 3.63) is 0 Å². The van der Waals surface area contributed by atoms with Gasteiger partial charge in [0.05, 0.1) is 12.1 Å². The SMILES string of the molecule is NC(N)=NC1CCN(C(=O)C2CC(S)CN2)C1. The fourth-order valence-corrected chi connectivity index (χ4v) is 2.70. The van der Waals surface area contributed by atoms with Gasteiger partial charge in [-0.2, -0.15) is 12.6 Å². The van der Waals surface area contributed by atoms with E-state index in [-0.39, 0.29) is 29.2 Å². The molecule has 0 bridgehead atoms. The molecule has 3 unspecified atom stereocenters. The van der Waals surface area contributed by atoms with Crippen LogP contribution >= 0.6 is 12.6 Å². The molecule has 1 amide bonds. The number of nitrogens with two attached hydrogens (primary N) is 2. The van der Waals surface area contributed by atoms with Gasteiger partial charge in [0, 0.05) is 24.9 Å². The summed E-state index contributed by atoms with van der Waals surface area (Å²) in [7, 11) is 0. The second kappa shape index (κ2) is 5.14. The van der Waals surface area contributed by atoms with Crippen molar-refractivity contribution in [1.29, 1.82) is 0 Å². The summed E-state index contributed by atoms with van der Waals surface area (Å²) in [6, 6.07) is -0.0346. The second-order valence-electron chi connectivity index (χ2n) is 4.63. The number of carbonyl (C=O) groups excluding carboxylic acids is 1. The molecule has 0 saturated carbocycles. The third kappa shape index (κ3) is 3.04. The van der Waals surface area contributed by atoms with E-state index < -0.39 is 0 Å². The fraction of sp³-hybridized carbons (Fsp3) is 0.800. The first kappa shape index (κ1) is 12.5. The number of likely N-dealkylation sites (tertiary alicyclic amines) is 1. The minimum absolute atomic E-state index is 0.0529. The minimum atomic E-state index is -0.0875. The topological polar surface area (TPSA) is 96.7 Å². The maximum Gasteiger partial charge on any atom is 0.239 e. The van der Waals surface area contributed by atoms with Gasteiger partial charge in [-0.05, 0) is 12.8 Å². The molecular formula is C10H19N5OS. The largest absolute Gasteiger partial charge is 0.370 e. The molecule has 0 aliphatic carbocycles. The highest BCUT2D eigenvalue weighted by molar-refractivity contribution is 7.81. The molecule has 0 spiro atoms. The van der Waals surface area contributed by atoms with Crippen molar-refractivity contribution in [2.24, 2.45) is 16.5 Å². The summed E-state index contributed by atoms with van der Waals surface area (Å²) in [6.07, 6.45) is 1.63. The lowest BCUT2D eigenvalue weighted by Crippen LogP contribution is -2.42. The quantitative estimate of drug-likeness (QED) is 0.276. The maximum atomic E-state index is 12.1. The molecule has 2 aliphatic heterocycles. The van der Waals surface area contributed by atoms with E-state index in [2.05, 4.69) is 22.9 Å². The molecule has 0 aromatic heterocycles. The van der Waals surface area contributed by atoms with Crippen molar-refractivity contribution in [1.82, 2.24) is 10.2 Å². The Bertz CT molecular complexity index is 331. The first-order valence-electron chi connectivity index (χ1n) is 5.85. The Labute approximate surface area is 106 Å². The van der Waals surface area contributed by atoms with Gasteiger partial charge in [0.15, 0.2) is 5.96 Å². The van der Waals surface area contributed by atoms with E-state index in [9.17, 15) is 4.79 Å². The van der Waals surface area contributed by atoms with E-state index in [0.717, 1.165) is 25.9 Å². The lowest BCUT2D eigenvalue weighted by atomic mass is 10.2. The smallest absolute Gasteiger partial charge is 0.239 e. The molecule has 2 aliphatic rings. The first-order valence-corrected chi connectivity index (χ1v) is 6.37. The molecule has 6 nitrogen and oxygen atoms in total. The van der Waals surface area contributed by atoms with Crippen LogP contribution in [0, 0.1) is 0 Å². The lowest BCUT2D eigenvalue weighted by Gasteiger charge is -2.20. The summed E-state index contributed by atoms with van der Waals surface area (Å²) in [6.45, 7) is 2.15. The fourth-order valence-electron chi connectivity index (χ4n) is 2.38. The zero-order valence-electron chi connectivity index (χ0n) is 9.67. The van der Waals surface area contributed by atoms with Crippen molar-refractivity contribution in [2.75, 3.05) is 19.6 Å². The monoisotopic (exact) mass is 257 g/mol. The van der Waals surface area contributed by atoms with E-state index in [1.54, 1.807) is 0 Å². The summed E-state index contributed by atoms with van der Waals surface area (Å²) < 4.78 is 0. The Morgan fingerprint density at radius 2 is 2.24 bits per heavy atom. The van der Waals surface area contributed by atoms with Gasteiger partial charge in [-0.25, -0.2) is 4.99 Å². The minimum Gasteiger partial charge on any atom is -0.370 e. The zero-order chi connectivity index (χ0) is 12.4. The average molecular weight is 257 g/mol. The number of nitrogens with one attached hydrogen (secondary N) is 1. The van der Waals surface area contributed by atoms with Crippen molar-refractivity contribution >= 4 is 24.5 Å². The molecule has 2 heterocycles. The third-order valence-corrected chi connectivity index (χ3v) is 3.61. The molecule has 3 atom stereocenters. The Balaban J connectivity index is 1.88. The lowest BCUT2D eigenvalue weighted by molar-refractivity contribution is -0.132. The van der Waals surface area contributed by atoms with Crippen LogP contribution in [0.4, 0.5) is 0 Å². The van der Waals surface area contributed by atoms with Crippen LogP contribution in [0.5, 0.6) is 0 Å². The Morgan fingerprint density at radius 3 is 2.82 bits per heavy atom. The normalized spacial score (nSPS) is 32.8. The molecule has 2 fully saturated rings. The van der Waals surface area contributed by atoms with Crippen LogP contribution in [0.2, 0.25) is 0 Å². The number of hydrogen-bond acceptors (Lipinski definition) is 4. The summed E-state index contributed by atoms with van der Waals surface area (Å²) in [5.41, 5.74) is 10.7. The zero-order valence-corrected chi connectivity index (χ0v) is 10.6. The third-order valence-electron chi connectivity index (χ3n) is 3.21. The van der Waals surface area contributed by atoms with E-state index in [1.165, 1.54) is 0 Å². The van der Waals surface area contributed by atoms with Gasteiger partial charge in [0.25, 0.3) is 0 Å². The highest BCUT2D eigenvalue weighted by Crippen LogP contribution is 2.18. The summed E-state index contributed by atoms with van der Waals surface area (Å²) >= 11 is 4.36. The predicted octanol–water partition coefficient (Wildman–Crippen LogP) is -1.48. The van der Waals surface area contributed by atoms with Gasteiger partial charge in [-0.1, -0.05) is 0 Å². The summed E-state index contributed by atoms with van der Waals surface area (Å²) in [4.78, 5) is 18.1. The number of nitrogens with zero attached hydrogens (tertiary/aromatic N) is 2.